The van der Waals surface area contributed by atoms with Crippen LogP contribution in [-0.4, -0.2) is 47.8 Å². The van der Waals surface area contributed by atoms with Gasteiger partial charge in [-0.1, -0.05) is 52.0 Å². The van der Waals surface area contributed by atoms with Crippen LogP contribution in [0.15, 0.2) is 36.0 Å². The predicted molar refractivity (Wildman–Crippen MR) is 137 cm³/mol. The van der Waals surface area contributed by atoms with E-state index in [0.717, 1.165) is 5.57 Å². The maximum absolute atomic E-state index is 12.8. The highest BCUT2D eigenvalue weighted by atomic mass is 16.8. The lowest BCUT2D eigenvalue weighted by Gasteiger charge is -2.60. The number of rotatable bonds is 8. The van der Waals surface area contributed by atoms with Crippen molar-refractivity contribution in [2.24, 2.45) is 28.6 Å². The van der Waals surface area contributed by atoms with Crippen LogP contribution < -0.4 is 0 Å². The summed E-state index contributed by atoms with van der Waals surface area (Å²) < 4.78 is 23.2. The number of hydrogen-bond acceptors (Lipinski definition) is 8. The van der Waals surface area contributed by atoms with Gasteiger partial charge in [0.2, 0.25) is 12.6 Å². The molecule has 1 N–H and O–H groups in total. The molecule has 0 amide bonds. The summed E-state index contributed by atoms with van der Waals surface area (Å²) in [5.74, 6) is -1.99. The van der Waals surface area contributed by atoms with E-state index in [4.69, 9.17) is 18.9 Å². The minimum Gasteiger partial charge on any atom is -0.458 e. The van der Waals surface area contributed by atoms with Crippen LogP contribution >= 0.6 is 0 Å². The van der Waals surface area contributed by atoms with Gasteiger partial charge in [-0.25, -0.2) is 0 Å². The van der Waals surface area contributed by atoms with Crippen LogP contribution in [0.1, 0.15) is 74.1 Å². The van der Waals surface area contributed by atoms with Gasteiger partial charge < -0.3 is 19.3 Å². The van der Waals surface area contributed by atoms with E-state index in [9.17, 15) is 19.5 Å². The summed E-state index contributed by atoms with van der Waals surface area (Å²) in [6, 6.07) is 0. The van der Waals surface area contributed by atoms with E-state index in [1.807, 2.05) is 20.8 Å². The summed E-state index contributed by atoms with van der Waals surface area (Å²) in [6.45, 7) is 16.4. The van der Waals surface area contributed by atoms with E-state index >= 15 is 0 Å². The van der Waals surface area contributed by atoms with Crippen LogP contribution in [0, 0.1) is 28.6 Å². The minimum atomic E-state index is -1.17. The second-order valence-corrected chi connectivity index (χ2v) is 11.2. The lowest BCUT2D eigenvalue weighted by molar-refractivity contribution is -0.254. The smallest absolute Gasteiger partial charge is 0.309 e. The Morgan fingerprint density at radius 2 is 1.84 bits per heavy atom. The molecule has 3 unspecified atom stereocenters. The van der Waals surface area contributed by atoms with Gasteiger partial charge in [-0.3, -0.25) is 19.1 Å². The molecule has 1 saturated heterocycles. The fraction of sp³-hybridized carbons (Fsp3) is 0.690. The minimum absolute atomic E-state index is 0.0722. The lowest BCUT2D eigenvalue weighted by Crippen LogP contribution is -2.63. The monoisotopic (exact) mass is 518 g/mol. The number of carbonyl (C=O) groups excluding carboxylic acids is 3. The maximum atomic E-state index is 12.8. The Hall–Kier alpha value is -2.45. The van der Waals surface area contributed by atoms with Crippen LogP contribution in [0.5, 0.6) is 0 Å². The Morgan fingerprint density at radius 1 is 1.19 bits per heavy atom. The fourth-order valence-electron chi connectivity index (χ4n) is 6.30. The van der Waals surface area contributed by atoms with Crippen molar-refractivity contribution in [1.82, 2.24) is 0 Å². The number of hydrogen-bond donors (Lipinski definition) is 1. The van der Waals surface area contributed by atoms with Gasteiger partial charge in [-0.15, -0.1) is 0 Å². The van der Waals surface area contributed by atoms with Crippen molar-refractivity contribution in [2.45, 2.75) is 98.9 Å². The van der Waals surface area contributed by atoms with Gasteiger partial charge in [0.1, 0.15) is 6.10 Å². The first-order chi connectivity index (χ1) is 17.3. The van der Waals surface area contributed by atoms with Gasteiger partial charge in [0.05, 0.1) is 17.4 Å². The van der Waals surface area contributed by atoms with Crippen LogP contribution in [-0.2, 0) is 33.3 Å². The van der Waals surface area contributed by atoms with Crippen LogP contribution in [0.4, 0.5) is 0 Å². The van der Waals surface area contributed by atoms with E-state index in [2.05, 4.69) is 26.5 Å². The molecule has 9 atom stereocenters. The van der Waals surface area contributed by atoms with Crippen LogP contribution in [0.3, 0.4) is 0 Å². The van der Waals surface area contributed by atoms with Crippen molar-refractivity contribution in [1.29, 1.82) is 0 Å². The van der Waals surface area contributed by atoms with E-state index in [-0.39, 0.29) is 23.7 Å². The molecule has 206 valence electrons. The highest BCUT2D eigenvalue weighted by Gasteiger charge is 2.71. The average molecular weight is 519 g/mol. The van der Waals surface area contributed by atoms with Gasteiger partial charge in [-0.2, -0.15) is 0 Å². The molecule has 2 fully saturated rings. The molecule has 0 aromatic heterocycles. The third-order valence-corrected chi connectivity index (χ3v) is 8.87. The second-order valence-electron chi connectivity index (χ2n) is 11.2. The van der Waals surface area contributed by atoms with E-state index < -0.39 is 47.6 Å². The molecule has 3 rings (SSSR count). The summed E-state index contributed by atoms with van der Waals surface area (Å²) in [4.78, 5) is 37.0. The highest BCUT2D eigenvalue weighted by molar-refractivity contribution is 5.72. The van der Waals surface area contributed by atoms with Crippen molar-refractivity contribution in [2.75, 3.05) is 0 Å². The number of esters is 3. The summed E-state index contributed by atoms with van der Waals surface area (Å²) >= 11 is 0. The summed E-state index contributed by atoms with van der Waals surface area (Å²) in [5.41, 5.74) is -0.0572. The topological polar surface area (TPSA) is 108 Å². The average Bonchev–Trinajstić information content (AvgIpc) is 3.12. The first-order valence-corrected chi connectivity index (χ1v) is 13.2. The molecule has 0 radical (unpaired) electrons. The predicted octanol–water partition coefficient (Wildman–Crippen LogP) is 4.62. The molecule has 1 spiro atoms. The Balaban J connectivity index is 2.21. The number of aliphatic hydroxyl groups is 1. The van der Waals surface area contributed by atoms with Crippen LogP contribution in [0.25, 0.3) is 0 Å². The van der Waals surface area contributed by atoms with Crippen molar-refractivity contribution < 1.29 is 38.4 Å². The third-order valence-electron chi connectivity index (χ3n) is 8.87. The molecule has 1 saturated carbocycles. The van der Waals surface area contributed by atoms with Crippen molar-refractivity contribution in [3.8, 4) is 0 Å². The van der Waals surface area contributed by atoms with E-state index in [1.54, 1.807) is 12.2 Å². The van der Waals surface area contributed by atoms with Gasteiger partial charge in [0, 0.05) is 19.4 Å². The molecule has 0 aromatic rings. The molecular weight excluding hydrogens is 476 g/mol. The standard InChI is InChI=1S/C29H42O8/c1-9-16(3)11-12-28(8)18(5)13-24(32)29-22(26(34-19(6)30)37-27(29)35-20(7)31)14-21(15-23(28)29)36-25(33)17(4)10-2/h9,11,14,17-18,21,23-24,26-27,32H,1,10,12-13,15H2,2-8H3/b16-11+/t17?,18-,21-,23+,24?,26+,27-,28-,29?/m0/s1. The molecule has 8 nitrogen and oxygen atoms in total. The molecule has 1 aliphatic heterocycles. The zero-order valence-electron chi connectivity index (χ0n) is 23.1. The molecule has 37 heavy (non-hydrogen) atoms. The Kier molecular flexibility index (Phi) is 8.75. The zero-order chi connectivity index (χ0) is 27.7. The van der Waals surface area contributed by atoms with Gasteiger partial charge >= 0.3 is 17.9 Å². The fourth-order valence-corrected chi connectivity index (χ4v) is 6.30. The third kappa shape index (κ3) is 5.28. The molecule has 0 aromatic carbocycles. The maximum Gasteiger partial charge on any atom is 0.309 e. The van der Waals surface area contributed by atoms with Crippen molar-refractivity contribution in [3.05, 3.63) is 36.0 Å². The largest absolute Gasteiger partial charge is 0.458 e. The molecule has 3 aliphatic rings. The van der Waals surface area contributed by atoms with Gasteiger partial charge in [-0.05, 0) is 55.9 Å². The zero-order valence-corrected chi connectivity index (χ0v) is 23.1. The summed E-state index contributed by atoms with van der Waals surface area (Å²) in [5, 5.41) is 11.7. The quantitative estimate of drug-likeness (QED) is 0.215. The Bertz CT molecular complexity index is 982. The Morgan fingerprint density at radius 3 is 2.41 bits per heavy atom. The van der Waals surface area contributed by atoms with E-state index in [0.29, 0.717) is 31.3 Å². The molecule has 8 heteroatoms. The first-order valence-electron chi connectivity index (χ1n) is 13.2. The molecular formula is C29H42O8. The van der Waals surface area contributed by atoms with Gasteiger partial charge in [0.15, 0.2) is 0 Å². The SMILES string of the molecule is C=C/C(C)=C/C[C@@]1(C)[C@@H](C)CC(O)C23C(=C[C@H](OC(=O)C(C)CC)C[C@@H]21)[C@H](OC(C)=O)O[C@@H]3OC(C)=O. The number of carbonyl (C=O) groups is 3. The van der Waals surface area contributed by atoms with E-state index in [1.165, 1.54) is 13.8 Å². The van der Waals surface area contributed by atoms with Crippen molar-refractivity contribution >= 4 is 17.9 Å². The highest BCUT2D eigenvalue weighted by Crippen LogP contribution is 2.67. The normalized spacial score (nSPS) is 37.9. The lowest BCUT2D eigenvalue weighted by atomic mass is 9.45. The van der Waals surface area contributed by atoms with Crippen LogP contribution in [0.2, 0.25) is 0 Å². The second kappa shape index (κ2) is 11.1. The Labute approximate surface area is 220 Å². The first kappa shape index (κ1) is 29.1. The summed E-state index contributed by atoms with van der Waals surface area (Å²) in [6.07, 6.45) is 3.89. The molecule has 2 aliphatic carbocycles. The van der Waals surface area contributed by atoms with Crippen molar-refractivity contribution in [3.63, 3.8) is 0 Å². The number of ether oxygens (including phenoxy) is 4. The number of allylic oxidation sites excluding steroid dienone is 3. The number of aliphatic hydroxyl groups excluding tert-OH is 1. The van der Waals surface area contributed by atoms with Gasteiger partial charge in [0.25, 0.3) is 0 Å². The molecule has 0 bridgehead atoms. The molecule has 1 heterocycles. The summed E-state index contributed by atoms with van der Waals surface area (Å²) in [7, 11) is 0.